The fraction of sp³-hybridized carbons (Fsp3) is 0.206. The van der Waals surface area contributed by atoms with Crippen molar-refractivity contribution in [1.29, 1.82) is 0 Å². The van der Waals surface area contributed by atoms with Gasteiger partial charge in [0.1, 0.15) is 0 Å². The minimum Gasteiger partial charge on any atom is -0.367 e. The quantitative estimate of drug-likeness (QED) is 0.0997. The normalized spacial score (nSPS) is 19.0. The van der Waals surface area contributed by atoms with Crippen LogP contribution in [0.4, 0.5) is 0 Å². The highest BCUT2D eigenvalue weighted by Crippen LogP contribution is 2.62. The molecule has 2 unspecified atom stereocenters. The van der Waals surface area contributed by atoms with Crippen LogP contribution in [0.3, 0.4) is 0 Å². The van der Waals surface area contributed by atoms with Gasteiger partial charge in [0.25, 0.3) is 0 Å². The van der Waals surface area contributed by atoms with Crippen LogP contribution in [0, 0.1) is 0 Å². The van der Waals surface area contributed by atoms with E-state index < -0.39 is 0 Å². The summed E-state index contributed by atoms with van der Waals surface area (Å²) < 4.78 is 0. The number of benzene rings is 7. The van der Waals surface area contributed by atoms with E-state index in [0.717, 1.165) is 17.3 Å². The zero-order valence-electron chi connectivity index (χ0n) is 43.6. The highest BCUT2D eigenvalue weighted by Gasteiger charge is 2.34. The van der Waals surface area contributed by atoms with E-state index in [1.165, 1.54) is 166 Å². The minimum absolute atomic E-state index is 0.520. The summed E-state index contributed by atoms with van der Waals surface area (Å²) in [4.78, 5) is 16.6. The monoisotopic (exact) mass is 1330 g/mol. The number of aryl methyl sites for hydroxylation is 2. The van der Waals surface area contributed by atoms with E-state index in [4.69, 9.17) is 0 Å². The van der Waals surface area contributed by atoms with E-state index in [-0.39, 0.29) is 0 Å². The van der Waals surface area contributed by atoms with Crippen molar-refractivity contribution in [3.8, 4) is 0 Å². The summed E-state index contributed by atoms with van der Waals surface area (Å²) >= 11 is 0. The topological polar surface area (TPSA) is 47.4 Å². The Bertz CT molecular complexity index is 3760. The second-order valence-electron chi connectivity index (χ2n) is 19.9. The zero-order chi connectivity index (χ0) is 53.9. The first-order valence-corrected chi connectivity index (χ1v) is 44.5. The van der Waals surface area contributed by atoms with Crippen LogP contribution in [-0.4, -0.2) is 26.5 Å². The molecule has 3 N–H and O–H groups in total. The molecule has 9 aliphatic rings. The van der Waals surface area contributed by atoms with Crippen molar-refractivity contribution in [2.75, 3.05) is 11.5 Å². The first-order valence-electron chi connectivity index (χ1n) is 26.8. The van der Waals surface area contributed by atoms with Crippen LogP contribution in [0.2, 0.25) is 0 Å². The van der Waals surface area contributed by atoms with Gasteiger partial charge in [-0.3, -0.25) is 0 Å². The van der Waals surface area contributed by atoms with Crippen LogP contribution < -0.4 is 0 Å². The van der Waals surface area contributed by atoms with Crippen molar-refractivity contribution in [1.82, 2.24) is 15.0 Å². The Morgan fingerprint density at radius 3 is 1.41 bits per heavy atom. The number of rotatable bonds is 0. The van der Waals surface area contributed by atoms with Crippen LogP contribution in [0.5, 0.6) is 0 Å². The van der Waals surface area contributed by atoms with Gasteiger partial charge in [-0.2, -0.15) is 0 Å². The van der Waals surface area contributed by atoms with Gasteiger partial charge >= 0.3 is 0 Å². The number of aromatic amines is 3. The van der Waals surface area contributed by atoms with E-state index in [1.807, 2.05) is 161 Å². The van der Waals surface area contributed by atoms with E-state index in [2.05, 4.69) is 173 Å². The molecule has 7 aliphatic heterocycles. The molecule has 10 aromatic rings. The van der Waals surface area contributed by atoms with Gasteiger partial charge in [0, 0.05) is 107 Å². The largest absolute Gasteiger partial charge is 0.367 e. The fourth-order valence-electron chi connectivity index (χ4n) is 11.2. The molecule has 0 radical (unpaired) electrons. The molecule has 0 amide bonds. The molecule has 0 spiro atoms. The molecule has 0 bridgehead atoms. The van der Waals surface area contributed by atoms with Gasteiger partial charge in [0.15, 0.2) is 0 Å². The second kappa shape index (κ2) is 27.0. The predicted molar refractivity (Wildman–Crippen MR) is 385 cm³/mol. The Hall–Kier alpha value is -1.85. The van der Waals surface area contributed by atoms with Crippen LogP contribution in [0.15, 0.2) is 171 Å². The SMILES string of the molecule is C1=CC2SSc3ccc4c(c1c1c5c6c(ccc54)SSC6C=C1)c32.c1[nH]cc2c1CCCSS2.c1[nH]cc2c1CCCSSS2.c1[nH]cc2c1CSSC2.c1cc2c3c(cccc3c1)CSSC2.c1cc2c3c(cccc3c1)SSC2. The summed E-state index contributed by atoms with van der Waals surface area (Å²) in [5, 5.41) is 12.7. The highest BCUT2D eigenvalue weighted by atomic mass is 33.5. The number of H-pyrrole nitrogens is 3. The summed E-state index contributed by atoms with van der Waals surface area (Å²) in [7, 11) is 29.1. The maximum Gasteiger partial charge on any atom is 0.0605 e. The van der Waals surface area contributed by atoms with Gasteiger partial charge in [-0.05, 0) is 163 Å². The third-order valence-corrected chi connectivity index (χ3v) is 33.9. The Morgan fingerprint density at radius 2 is 0.815 bits per heavy atom. The molecular formula is C63H53N3S15. The standard InChI is InChI=1S/C20H10S4.C12H10S2.C11H8S2.C7H9NS3.C7H9NS2.C6H7NS2/c1-5-13-19-14(22-21-13)7-3-11-12-4-8-16-20-15(23-24-16)6-2-10(18(12)20)9(1)17(11)19;1-3-9-4-2-6-11-8-14-13-7-10(5-1)12(9)11;1-3-8-4-2-6-10-11(8)9(5-1)7-12-13-10;1-2-6-4-8-5-7(6)10-11-9-3-1;1-2-6-4-8-5-7(6)10-9-3-1;1-5-3-8-9-4-6(5)2-7-1/h1-8,13,15H;1-6H,7-8H2;1-6H,7H2;4-5,8H,1-3H2;4-5,8H,1-3H2;1-2,7H,3-4H2. The van der Waals surface area contributed by atoms with Crippen LogP contribution in [-0.2, 0) is 41.6 Å². The minimum atomic E-state index is 0.520. The van der Waals surface area contributed by atoms with Gasteiger partial charge in [-0.1, -0.05) is 243 Å². The lowest BCUT2D eigenvalue weighted by molar-refractivity contribution is 0.920. The first-order chi connectivity index (χ1) is 40.2. The molecule has 18 heteroatoms. The molecule has 2 aliphatic carbocycles. The van der Waals surface area contributed by atoms with Crippen molar-refractivity contribution in [3.05, 3.63) is 208 Å². The average Bonchev–Trinajstić information content (AvgIpc) is 4.52. The van der Waals surface area contributed by atoms with Crippen molar-refractivity contribution >= 4 is 216 Å². The van der Waals surface area contributed by atoms with E-state index in [1.54, 1.807) is 11.1 Å². The molecule has 10 heterocycles. The van der Waals surface area contributed by atoms with Crippen molar-refractivity contribution < 1.29 is 0 Å². The van der Waals surface area contributed by atoms with E-state index >= 15 is 0 Å². The lowest BCUT2D eigenvalue weighted by Gasteiger charge is -2.24. The molecule has 3 aromatic heterocycles. The van der Waals surface area contributed by atoms with E-state index in [0.29, 0.717) is 10.5 Å². The molecule has 0 saturated heterocycles. The third kappa shape index (κ3) is 12.4. The summed E-state index contributed by atoms with van der Waals surface area (Å²) in [5.74, 6) is 8.33. The average molecular weight is 1330 g/mol. The van der Waals surface area contributed by atoms with Crippen LogP contribution in [0.25, 0.3) is 55.2 Å². The van der Waals surface area contributed by atoms with Crippen molar-refractivity contribution in [2.45, 2.75) is 89.4 Å². The van der Waals surface area contributed by atoms with Crippen molar-refractivity contribution in [2.24, 2.45) is 0 Å². The lowest BCUT2D eigenvalue weighted by atomic mass is 9.82. The zero-order valence-corrected chi connectivity index (χ0v) is 55.8. The summed E-state index contributed by atoms with van der Waals surface area (Å²) in [6.45, 7) is 0. The summed E-state index contributed by atoms with van der Waals surface area (Å²) in [6.07, 6.45) is 27.3. The van der Waals surface area contributed by atoms with Gasteiger partial charge < -0.3 is 15.0 Å². The van der Waals surface area contributed by atoms with Gasteiger partial charge in [0.05, 0.1) is 10.5 Å². The number of hydrogen-bond donors (Lipinski definition) is 3. The summed E-state index contributed by atoms with van der Waals surface area (Å²) in [5.41, 5.74) is 16.4. The number of fused-ring (bicyclic) bond motifs is 5. The molecule has 19 rings (SSSR count). The molecule has 0 saturated carbocycles. The van der Waals surface area contributed by atoms with Crippen molar-refractivity contribution in [3.63, 3.8) is 0 Å². The molecule has 3 nitrogen and oxygen atoms in total. The molecule has 7 aromatic carbocycles. The smallest absolute Gasteiger partial charge is 0.0605 e. The fourth-order valence-corrected chi connectivity index (χ4v) is 29.7. The summed E-state index contributed by atoms with van der Waals surface area (Å²) in [6, 6.07) is 35.8. The van der Waals surface area contributed by atoms with E-state index in [9.17, 15) is 0 Å². The van der Waals surface area contributed by atoms with Gasteiger partial charge in [-0.25, -0.2) is 0 Å². The number of nitrogens with one attached hydrogen (secondary N) is 3. The number of hydrogen-bond acceptors (Lipinski definition) is 15. The molecule has 2 atom stereocenters. The lowest BCUT2D eigenvalue weighted by Crippen LogP contribution is -2.03. The maximum atomic E-state index is 3.15. The molecule has 81 heavy (non-hydrogen) atoms. The van der Waals surface area contributed by atoms with Gasteiger partial charge in [-0.15, -0.1) is 0 Å². The van der Waals surface area contributed by atoms with Gasteiger partial charge in [0.2, 0.25) is 0 Å². The highest BCUT2D eigenvalue weighted by molar-refractivity contribution is 9.09. The maximum absolute atomic E-state index is 3.15. The van der Waals surface area contributed by atoms with Crippen LogP contribution >= 0.6 is 161 Å². The molecular weight excluding hydrogens is 1280 g/mol. The first kappa shape index (κ1) is 56.9. The third-order valence-electron chi connectivity index (χ3n) is 15.0. The molecule has 410 valence electrons. The van der Waals surface area contributed by atoms with Crippen LogP contribution in [0.1, 0.15) is 84.5 Å². The Balaban J connectivity index is 0.0000000909. The predicted octanol–water partition coefficient (Wildman–Crippen LogP) is 24.4. The Kier molecular flexibility index (Phi) is 19.0. The molecule has 0 fully saturated rings. The second-order valence-corrected chi connectivity index (χ2v) is 38.6. The Labute approximate surface area is 533 Å². The Morgan fingerprint density at radius 1 is 0.346 bits per heavy atom. The number of aromatic nitrogens is 3.